The summed E-state index contributed by atoms with van der Waals surface area (Å²) in [6.07, 6.45) is 0. The van der Waals surface area contributed by atoms with E-state index in [-0.39, 0.29) is 45.0 Å². The van der Waals surface area contributed by atoms with Crippen molar-refractivity contribution in [2.45, 2.75) is 0 Å². The van der Waals surface area contributed by atoms with Crippen LogP contribution in [-0.2, 0) is 0 Å². The standard InChI is InChI=1S/C64H36F8N2/c65-51-15-5-1-11-45(51)39-31-40(46-12-2-6-16-52(46)66)34-43(33-39)73(59-21-9-19-55(69)63(59)71)57-29-25-37-24-28-50-58(30-26-38-23-27-49(57)61(37)62(38)50)74(60-22-10-20-56(70)64(60)72)44-35-41(47-13-3-7-17-53(47)67)32-42(36-44)48-14-4-8-18-54(48)68/h1-36H. The molecule has 74 heavy (non-hydrogen) atoms. The summed E-state index contributed by atoms with van der Waals surface area (Å²) in [5.41, 5.74) is 2.95. The van der Waals surface area contributed by atoms with Gasteiger partial charge in [0.2, 0.25) is 0 Å². The minimum absolute atomic E-state index is 0.189. The third-order valence-electron chi connectivity index (χ3n) is 13.5. The summed E-state index contributed by atoms with van der Waals surface area (Å²) in [5, 5.41) is 3.89. The topological polar surface area (TPSA) is 6.48 Å². The molecule has 0 fully saturated rings. The summed E-state index contributed by atoms with van der Waals surface area (Å²) in [4.78, 5) is 3.04. The molecule has 0 aliphatic carbocycles. The van der Waals surface area contributed by atoms with Gasteiger partial charge in [0.1, 0.15) is 23.3 Å². The average Bonchev–Trinajstić information content (AvgIpc) is 3.41. The number of nitrogens with zero attached hydrogens (tertiary/aromatic N) is 2. The summed E-state index contributed by atoms with van der Waals surface area (Å²) < 4.78 is 127. The van der Waals surface area contributed by atoms with E-state index in [0.29, 0.717) is 55.2 Å². The lowest BCUT2D eigenvalue weighted by Crippen LogP contribution is -2.14. The lowest BCUT2D eigenvalue weighted by atomic mass is 9.91. The molecular weight excluding hydrogens is 949 g/mol. The van der Waals surface area contributed by atoms with Gasteiger partial charge >= 0.3 is 0 Å². The first-order valence-corrected chi connectivity index (χ1v) is 23.5. The molecule has 0 N–H and O–H groups in total. The van der Waals surface area contributed by atoms with Gasteiger partial charge in [-0.2, -0.15) is 0 Å². The molecular formula is C64H36F8N2. The van der Waals surface area contributed by atoms with Crippen LogP contribution in [0.25, 0.3) is 76.8 Å². The van der Waals surface area contributed by atoms with Crippen LogP contribution in [0.2, 0.25) is 0 Å². The highest BCUT2D eigenvalue weighted by Gasteiger charge is 2.27. The third-order valence-corrected chi connectivity index (χ3v) is 13.5. The van der Waals surface area contributed by atoms with E-state index in [4.69, 9.17) is 0 Å². The first-order chi connectivity index (χ1) is 36.0. The Hall–Kier alpha value is -9.28. The fourth-order valence-electron chi connectivity index (χ4n) is 10.2. The van der Waals surface area contributed by atoms with Gasteiger partial charge in [-0.15, -0.1) is 0 Å². The number of hydrogen-bond acceptors (Lipinski definition) is 2. The van der Waals surface area contributed by atoms with Crippen molar-refractivity contribution in [3.63, 3.8) is 0 Å². The molecule has 12 aromatic carbocycles. The first-order valence-electron chi connectivity index (χ1n) is 23.5. The Morgan fingerprint density at radius 3 is 0.865 bits per heavy atom. The fraction of sp³-hybridized carbons (Fsp3) is 0. The second-order valence-electron chi connectivity index (χ2n) is 17.9. The van der Waals surface area contributed by atoms with Crippen LogP contribution in [0.1, 0.15) is 0 Å². The number of anilines is 6. The largest absolute Gasteiger partial charge is 0.307 e. The molecule has 0 unspecified atom stereocenters. The van der Waals surface area contributed by atoms with Gasteiger partial charge in [-0.05, 0) is 141 Å². The maximum Gasteiger partial charge on any atom is 0.182 e. The zero-order valence-corrected chi connectivity index (χ0v) is 38.7. The minimum atomic E-state index is -1.18. The Labute approximate surface area is 419 Å². The van der Waals surface area contributed by atoms with Crippen LogP contribution in [-0.4, -0.2) is 0 Å². The predicted octanol–water partition coefficient (Wildman–Crippen LogP) is 19.3. The van der Waals surface area contributed by atoms with E-state index in [1.807, 2.05) is 36.4 Å². The summed E-state index contributed by atoms with van der Waals surface area (Å²) in [5.74, 6) is -6.83. The highest BCUT2D eigenvalue weighted by Crippen LogP contribution is 2.50. The molecule has 2 nitrogen and oxygen atoms in total. The normalized spacial score (nSPS) is 11.5. The van der Waals surface area contributed by atoms with Crippen LogP contribution in [0.3, 0.4) is 0 Å². The van der Waals surface area contributed by atoms with Crippen molar-refractivity contribution in [2.75, 3.05) is 9.80 Å². The molecule has 0 heterocycles. The lowest BCUT2D eigenvalue weighted by molar-refractivity contribution is 0.510. The second-order valence-corrected chi connectivity index (χ2v) is 17.9. The van der Waals surface area contributed by atoms with Gasteiger partial charge in [-0.25, -0.2) is 35.1 Å². The van der Waals surface area contributed by atoms with E-state index in [9.17, 15) is 0 Å². The van der Waals surface area contributed by atoms with Crippen molar-refractivity contribution < 1.29 is 35.1 Å². The van der Waals surface area contributed by atoms with Gasteiger partial charge in [0.15, 0.2) is 23.3 Å². The molecule has 0 aliphatic heterocycles. The van der Waals surface area contributed by atoms with Crippen LogP contribution >= 0.6 is 0 Å². The molecule has 0 atom stereocenters. The first kappa shape index (κ1) is 45.8. The molecule has 10 heteroatoms. The summed E-state index contributed by atoms with van der Waals surface area (Å²) in [6, 6.07) is 56.4. The molecule has 0 aromatic heterocycles. The molecule has 12 aromatic rings. The van der Waals surface area contributed by atoms with Gasteiger partial charge in [0, 0.05) is 44.4 Å². The quantitative estimate of drug-likeness (QED) is 0.0995. The molecule has 0 bridgehead atoms. The Balaban J connectivity index is 1.14. The minimum Gasteiger partial charge on any atom is -0.307 e. The van der Waals surface area contributed by atoms with Crippen molar-refractivity contribution in [1.29, 1.82) is 0 Å². The maximum atomic E-state index is 16.6. The Morgan fingerprint density at radius 1 is 0.243 bits per heavy atom. The second kappa shape index (κ2) is 18.4. The van der Waals surface area contributed by atoms with Crippen molar-refractivity contribution in [1.82, 2.24) is 0 Å². The van der Waals surface area contributed by atoms with Gasteiger partial charge < -0.3 is 9.80 Å². The third kappa shape index (κ3) is 7.83. The monoisotopic (exact) mass is 984 g/mol. The van der Waals surface area contributed by atoms with Gasteiger partial charge in [0.25, 0.3) is 0 Å². The van der Waals surface area contributed by atoms with Crippen LogP contribution < -0.4 is 9.80 Å². The number of rotatable bonds is 10. The smallest absolute Gasteiger partial charge is 0.182 e. The van der Waals surface area contributed by atoms with E-state index in [2.05, 4.69) is 0 Å². The lowest BCUT2D eigenvalue weighted by Gasteiger charge is -2.30. The summed E-state index contributed by atoms with van der Waals surface area (Å²) in [6.45, 7) is 0. The Kier molecular flexibility index (Phi) is 11.4. The van der Waals surface area contributed by atoms with Crippen LogP contribution in [0.4, 0.5) is 69.2 Å². The van der Waals surface area contributed by atoms with E-state index in [1.165, 1.54) is 58.3 Å². The number of halogens is 8. The summed E-state index contributed by atoms with van der Waals surface area (Å²) in [7, 11) is 0. The Bertz CT molecular complexity index is 3780. The van der Waals surface area contributed by atoms with Crippen LogP contribution in [0, 0.1) is 46.5 Å². The predicted molar refractivity (Wildman–Crippen MR) is 281 cm³/mol. The van der Waals surface area contributed by atoms with Crippen molar-refractivity contribution in [3.05, 3.63) is 265 Å². The van der Waals surface area contributed by atoms with Gasteiger partial charge in [-0.3, -0.25) is 0 Å². The molecule has 12 rings (SSSR count). The van der Waals surface area contributed by atoms with E-state index in [1.54, 1.807) is 121 Å². The highest BCUT2D eigenvalue weighted by atomic mass is 19.2. The SMILES string of the molecule is Fc1ccccc1-c1cc(-c2ccccc2F)cc(N(c2cccc(F)c2F)c2ccc3ccc4c(N(c5cc(-c6ccccc6F)cc(-c6ccccc6F)c5)c5cccc(F)c5F)ccc5ccc2c3c54)c1. The molecule has 0 saturated heterocycles. The molecule has 0 amide bonds. The van der Waals surface area contributed by atoms with Crippen molar-refractivity contribution in [2.24, 2.45) is 0 Å². The van der Waals surface area contributed by atoms with Crippen molar-refractivity contribution >= 4 is 66.4 Å². The number of benzene rings is 12. The summed E-state index contributed by atoms with van der Waals surface area (Å²) >= 11 is 0. The zero-order valence-electron chi connectivity index (χ0n) is 38.7. The Morgan fingerprint density at radius 2 is 0.541 bits per heavy atom. The van der Waals surface area contributed by atoms with Crippen LogP contribution in [0.5, 0.6) is 0 Å². The van der Waals surface area contributed by atoms with E-state index in [0.717, 1.165) is 22.9 Å². The van der Waals surface area contributed by atoms with Crippen LogP contribution in [0.15, 0.2) is 218 Å². The average molecular weight is 985 g/mol. The van der Waals surface area contributed by atoms with Gasteiger partial charge in [-0.1, -0.05) is 121 Å². The molecule has 358 valence electrons. The maximum absolute atomic E-state index is 16.6. The number of hydrogen-bond donors (Lipinski definition) is 0. The van der Waals surface area contributed by atoms with Gasteiger partial charge in [0.05, 0.1) is 22.7 Å². The molecule has 0 saturated carbocycles. The van der Waals surface area contributed by atoms with E-state index >= 15 is 35.1 Å². The fourth-order valence-corrected chi connectivity index (χ4v) is 10.2. The highest BCUT2D eigenvalue weighted by molar-refractivity contribution is 6.28. The zero-order chi connectivity index (χ0) is 50.8. The van der Waals surface area contributed by atoms with E-state index < -0.39 is 46.5 Å². The molecule has 0 spiro atoms. The molecule has 0 aliphatic rings. The molecule has 0 radical (unpaired) electrons. The van der Waals surface area contributed by atoms with Crippen molar-refractivity contribution in [3.8, 4) is 44.5 Å².